The lowest BCUT2D eigenvalue weighted by atomic mass is 9.98. The number of fused-ring (bicyclic) bond motifs is 1. The molecule has 0 fully saturated rings. The van der Waals surface area contributed by atoms with E-state index in [-0.39, 0.29) is 6.42 Å². The second-order valence-electron chi connectivity index (χ2n) is 6.85. The standard InChI is InChI=1S/C24H21NO3S/c25-14-16-4-3-6-18(10-16)21-11-17(12-23-20(21)8-9-29-23)15-28-22-7-2-1-5-19(22)13-24(26)27/h1-12H,13-15,25H2,(H,26,27). The average Bonchev–Trinajstić information content (AvgIpc) is 3.21. The Morgan fingerprint density at radius 1 is 1.00 bits per heavy atom. The third-order valence-corrected chi connectivity index (χ3v) is 5.68. The Labute approximate surface area is 173 Å². The molecule has 3 aromatic carbocycles. The largest absolute Gasteiger partial charge is 0.489 e. The molecule has 0 radical (unpaired) electrons. The third-order valence-electron chi connectivity index (χ3n) is 4.81. The molecule has 5 heteroatoms. The van der Waals surface area contributed by atoms with E-state index in [2.05, 4.69) is 35.7 Å². The minimum absolute atomic E-state index is 0.0583. The quantitative estimate of drug-likeness (QED) is 0.443. The van der Waals surface area contributed by atoms with Gasteiger partial charge in [-0.05, 0) is 58.0 Å². The summed E-state index contributed by atoms with van der Waals surface area (Å²) in [5.41, 5.74) is 10.9. The molecule has 0 unspecified atom stereocenters. The summed E-state index contributed by atoms with van der Waals surface area (Å²) in [6.07, 6.45) is -0.0583. The van der Waals surface area contributed by atoms with Crippen molar-refractivity contribution in [1.82, 2.24) is 0 Å². The van der Waals surface area contributed by atoms with Gasteiger partial charge in [0, 0.05) is 22.2 Å². The number of ether oxygens (including phenoxy) is 1. The predicted octanol–water partition coefficient (Wildman–Crippen LogP) is 5.23. The van der Waals surface area contributed by atoms with Crippen LogP contribution in [0.25, 0.3) is 21.2 Å². The summed E-state index contributed by atoms with van der Waals surface area (Å²) in [6.45, 7) is 0.873. The van der Waals surface area contributed by atoms with Gasteiger partial charge in [-0.15, -0.1) is 11.3 Å². The van der Waals surface area contributed by atoms with E-state index in [4.69, 9.17) is 15.6 Å². The molecule has 0 aliphatic carbocycles. The highest BCUT2D eigenvalue weighted by molar-refractivity contribution is 7.17. The smallest absolute Gasteiger partial charge is 0.307 e. The van der Waals surface area contributed by atoms with E-state index >= 15 is 0 Å². The molecular formula is C24H21NO3S. The zero-order valence-corrected chi connectivity index (χ0v) is 16.6. The van der Waals surface area contributed by atoms with Crippen LogP contribution in [0.2, 0.25) is 0 Å². The van der Waals surface area contributed by atoms with Crippen molar-refractivity contribution in [3.8, 4) is 16.9 Å². The van der Waals surface area contributed by atoms with Crippen LogP contribution in [0.5, 0.6) is 5.75 Å². The fourth-order valence-electron chi connectivity index (χ4n) is 3.43. The van der Waals surface area contributed by atoms with Crippen LogP contribution in [0, 0.1) is 0 Å². The lowest BCUT2D eigenvalue weighted by Crippen LogP contribution is -2.04. The first kappa shape index (κ1) is 19.2. The van der Waals surface area contributed by atoms with E-state index in [0.717, 1.165) is 22.3 Å². The van der Waals surface area contributed by atoms with E-state index in [0.29, 0.717) is 24.5 Å². The molecule has 0 saturated heterocycles. The molecular weight excluding hydrogens is 382 g/mol. The second kappa shape index (κ2) is 8.47. The second-order valence-corrected chi connectivity index (χ2v) is 7.79. The van der Waals surface area contributed by atoms with Crippen molar-refractivity contribution < 1.29 is 14.6 Å². The SMILES string of the molecule is NCc1cccc(-c2cc(COc3ccccc3CC(=O)O)cc3sccc23)c1. The molecule has 0 aliphatic rings. The van der Waals surface area contributed by atoms with E-state index in [1.807, 2.05) is 30.3 Å². The summed E-state index contributed by atoms with van der Waals surface area (Å²) < 4.78 is 7.20. The van der Waals surface area contributed by atoms with Crippen molar-refractivity contribution in [1.29, 1.82) is 0 Å². The van der Waals surface area contributed by atoms with Crippen LogP contribution >= 0.6 is 11.3 Å². The number of aliphatic carboxylic acids is 1. The molecule has 3 N–H and O–H groups in total. The maximum atomic E-state index is 11.1. The van der Waals surface area contributed by atoms with Crippen molar-refractivity contribution in [3.05, 3.63) is 88.8 Å². The first-order valence-electron chi connectivity index (χ1n) is 9.36. The molecule has 0 saturated carbocycles. The molecule has 29 heavy (non-hydrogen) atoms. The molecule has 0 bridgehead atoms. The highest BCUT2D eigenvalue weighted by Crippen LogP contribution is 2.34. The Morgan fingerprint density at radius 3 is 2.69 bits per heavy atom. The topological polar surface area (TPSA) is 72.5 Å². The average molecular weight is 404 g/mol. The number of thiophene rings is 1. The van der Waals surface area contributed by atoms with Crippen LogP contribution in [0.3, 0.4) is 0 Å². The summed E-state index contributed by atoms with van der Waals surface area (Å²) in [4.78, 5) is 11.1. The number of carboxylic acid groups (broad SMARTS) is 1. The molecule has 146 valence electrons. The van der Waals surface area contributed by atoms with Crippen molar-refractivity contribution in [2.24, 2.45) is 5.73 Å². The van der Waals surface area contributed by atoms with E-state index in [9.17, 15) is 4.79 Å². The Kier molecular flexibility index (Phi) is 5.60. The van der Waals surface area contributed by atoms with E-state index < -0.39 is 5.97 Å². The van der Waals surface area contributed by atoms with Crippen LogP contribution in [-0.2, 0) is 24.4 Å². The van der Waals surface area contributed by atoms with Gasteiger partial charge in [0.05, 0.1) is 6.42 Å². The van der Waals surface area contributed by atoms with Gasteiger partial charge in [-0.1, -0.05) is 36.4 Å². The van der Waals surface area contributed by atoms with Crippen LogP contribution < -0.4 is 10.5 Å². The van der Waals surface area contributed by atoms with Gasteiger partial charge in [-0.2, -0.15) is 0 Å². The molecule has 0 atom stereocenters. The zero-order chi connectivity index (χ0) is 20.2. The fraction of sp³-hybridized carbons (Fsp3) is 0.125. The monoisotopic (exact) mass is 403 g/mol. The Bertz CT molecular complexity index is 1170. The Hall–Kier alpha value is -3.15. The van der Waals surface area contributed by atoms with Gasteiger partial charge in [0.1, 0.15) is 12.4 Å². The first-order valence-corrected chi connectivity index (χ1v) is 10.2. The van der Waals surface area contributed by atoms with Crippen LogP contribution in [0.4, 0.5) is 0 Å². The van der Waals surface area contributed by atoms with Crippen LogP contribution in [0.15, 0.2) is 72.1 Å². The first-order chi connectivity index (χ1) is 14.1. The van der Waals surface area contributed by atoms with Gasteiger partial charge in [0.15, 0.2) is 0 Å². The third kappa shape index (κ3) is 4.31. The van der Waals surface area contributed by atoms with Gasteiger partial charge in [0.25, 0.3) is 0 Å². The van der Waals surface area contributed by atoms with Gasteiger partial charge in [-0.3, -0.25) is 4.79 Å². The molecule has 0 spiro atoms. The summed E-state index contributed by atoms with van der Waals surface area (Å²) in [7, 11) is 0. The summed E-state index contributed by atoms with van der Waals surface area (Å²) >= 11 is 1.70. The number of benzene rings is 3. The minimum Gasteiger partial charge on any atom is -0.489 e. The molecule has 1 heterocycles. The van der Waals surface area contributed by atoms with E-state index in [1.54, 1.807) is 17.4 Å². The summed E-state index contributed by atoms with van der Waals surface area (Å²) in [5, 5.41) is 12.4. The molecule has 0 amide bonds. The van der Waals surface area contributed by atoms with Gasteiger partial charge in [0.2, 0.25) is 0 Å². The zero-order valence-electron chi connectivity index (χ0n) is 15.8. The van der Waals surface area contributed by atoms with Crippen molar-refractivity contribution in [2.45, 2.75) is 19.6 Å². The summed E-state index contributed by atoms with van der Waals surface area (Å²) in [5.74, 6) is -0.268. The molecule has 4 aromatic rings. The van der Waals surface area contributed by atoms with Crippen LogP contribution in [0.1, 0.15) is 16.7 Å². The van der Waals surface area contributed by atoms with Crippen LogP contribution in [-0.4, -0.2) is 11.1 Å². The Morgan fingerprint density at radius 2 is 1.86 bits per heavy atom. The number of hydrogen-bond acceptors (Lipinski definition) is 4. The van der Waals surface area contributed by atoms with Crippen molar-refractivity contribution in [3.63, 3.8) is 0 Å². The molecule has 4 rings (SSSR count). The fourth-order valence-corrected chi connectivity index (χ4v) is 4.31. The highest BCUT2D eigenvalue weighted by atomic mass is 32.1. The summed E-state index contributed by atoms with van der Waals surface area (Å²) in [6, 6.07) is 22.0. The normalized spacial score (nSPS) is 10.9. The lowest BCUT2D eigenvalue weighted by molar-refractivity contribution is -0.136. The predicted molar refractivity (Wildman–Crippen MR) is 117 cm³/mol. The number of para-hydroxylation sites is 1. The number of carbonyl (C=O) groups is 1. The van der Waals surface area contributed by atoms with Crippen molar-refractivity contribution >= 4 is 27.4 Å². The Balaban J connectivity index is 1.67. The van der Waals surface area contributed by atoms with Crippen molar-refractivity contribution in [2.75, 3.05) is 0 Å². The molecule has 4 nitrogen and oxygen atoms in total. The highest BCUT2D eigenvalue weighted by Gasteiger charge is 2.11. The molecule has 0 aliphatic heterocycles. The van der Waals surface area contributed by atoms with Gasteiger partial charge < -0.3 is 15.6 Å². The number of nitrogens with two attached hydrogens (primary N) is 1. The molecule has 1 aromatic heterocycles. The lowest BCUT2D eigenvalue weighted by Gasteiger charge is -2.13. The van der Waals surface area contributed by atoms with Gasteiger partial charge >= 0.3 is 5.97 Å². The maximum absolute atomic E-state index is 11.1. The van der Waals surface area contributed by atoms with E-state index in [1.165, 1.54) is 10.1 Å². The van der Waals surface area contributed by atoms with Gasteiger partial charge in [-0.25, -0.2) is 0 Å². The number of carboxylic acids is 1. The maximum Gasteiger partial charge on any atom is 0.307 e. The number of hydrogen-bond donors (Lipinski definition) is 2. The minimum atomic E-state index is -0.872. The number of rotatable bonds is 7.